The number of benzene rings is 1. The van der Waals surface area contributed by atoms with Gasteiger partial charge in [-0.2, -0.15) is 18.4 Å². The zero-order chi connectivity index (χ0) is 28.3. The Labute approximate surface area is 222 Å². The summed E-state index contributed by atoms with van der Waals surface area (Å²) in [7, 11) is 1.48. The summed E-state index contributed by atoms with van der Waals surface area (Å²) in [5.74, 6) is -0.897. The minimum atomic E-state index is -4.97. The summed E-state index contributed by atoms with van der Waals surface area (Å²) in [4.78, 5) is 21.3. The highest BCUT2D eigenvalue weighted by molar-refractivity contribution is 6.30. The molecule has 0 aliphatic carbocycles. The molecule has 2 aromatic heterocycles. The molecule has 1 aromatic carbocycles. The van der Waals surface area contributed by atoms with Gasteiger partial charge in [0.1, 0.15) is 5.75 Å². The van der Waals surface area contributed by atoms with Crippen LogP contribution in [0.4, 0.5) is 13.2 Å². The summed E-state index contributed by atoms with van der Waals surface area (Å²) in [6.07, 6.45) is -3.69. The predicted molar refractivity (Wildman–Crippen MR) is 134 cm³/mol. The minimum absolute atomic E-state index is 0.0483. The highest BCUT2D eigenvalue weighted by Gasteiger charge is 2.39. The van der Waals surface area contributed by atoms with Crippen LogP contribution >= 0.6 is 11.6 Å². The van der Waals surface area contributed by atoms with Crippen LogP contribution in [0.2, 0.25) is 5.02 Å². The second kappa shape index (κ2) is 11.4. The summed E-state index contributed by atoms with van der Waals surface area (Å²) < 4.78 is 58.8. The highest BCUT2D eigenvalue weighted by Crippen LogP contribution is 2.35. The molecule has 0 spiro atoms. The molecule has 0 fully saturated rings. The maximum Gasteiger partial charge on any atom is 0.437 e. The number of nitrogens with zero attached hydrogens (tertiary/aromatic N) is 4. The quantitative estimate of drug-likeness (QED) is 0.344. The Morgan fingerprint density at radius 1 is 1.13 bits per heavy atom. The lowest BCUT2D eigenvalue weighted by Gasteiger charge is -2.21. The summed E-state index contributed by atoms with van der Waals surface area (Å²) in [5.41, 5.74) is -1.19. The van der Waals surface area contributed by atoms with E-state index in [-0.39, 0.29) is 29.5 Å². The first kappa shape index (κ1) is 28.9. The minimum Gasteiger partial charge on any atom is -0.481 e. The second-order valence-corrected chi connectivity index (χ2v) is 9.70. The Morgan fingerprint density at radius 3 is 2.42 bits per heavy atom. The number of methoxy groups -OCH3 is 1. The van der Waals surface area contributed by atoms with Crippen LogP contribution < -0.4 is 15.0 Å². The summed E-state index contributed by atoms with van der Waals surface area (Å²) in [6, 6.07) is 7.26. The fourth-order valence-corrected chi connectivity index (χ4v) is 3.73. The van der Waals surface area contributed by atoms with Gasteiger partial charge in [-0.15, -0.1) is 0 Å². The maximum absolute atomic E-state index is 13.7. The number of halogens is 4. The molecule has 0 radical (unpaired) electrons. The Balaban J connectivity index is 2.10. The van der Waals surface area contributed by atoms with Gasteiger partial charge in [0.25, 0.3) is 5.56 Å². The molecule has 38 heavy (non-hydrogen) atoms. The molecule has 3 rings (SSSR count). The molecular formula is C26H26ClF3N4O4. The van der Waals surface area contributed by atoms with Crippen molar-refractivity contribution in [2.45, 2.75) is 59.0 Å². The molecule has 8 nitrogen and oxygen atoms in total. The molecule has 0 unspecified atom stereocenters. The molecular weight excluding hydrogens is 525 g/mol. The van der Waals surface area contributed by atoms with Crippen molar-refractivity contribution in [3.63, 3.8) is 0 Å². The van der Waals surface area contributed by atoms with Gasteiger partial charge >= 0.3 is 6.18 Å². The van der Waals surface area contributed by atoms with Crippen LogP contribution in [0.25, 0.3) is 0 Å². The van der Waals surface area contributed by atoms with Gasteiger partial charge in [-0.05, 0) is 57.0 Å². The van der Waals surface area contributed by atoms with E-state index in [1.165, 1.54) is 25.3 Å². The highest BCUT2D eigenvalue weighted by atomic mass is 35.5. The first-order valence-electron chi connectivity index (χ1n) is 11.5. The number of ether oxygens (including phenoxy) is 3. The largest absolute Gasteiger partial charge is 0.481 e. The lowest BCUT2D eigenvalue weighted by molar-refractivity contribution is -0.142. The monoisotopic (exact) mass is 550 g/mol. The van der Waals surface area contributed by atoms with Crippen LogP contribution in [0.3, 0.4) is 0 Å². The third-order valence-corrected chi connectivity index (χ3v) is 5.46. The van der Waals surface area contributed by atoms with Crippen molar-refractivity contribution in [1.82, 2.24) is 14.5 Å². The molecule has 2 heterocycles. The topological polar surface area (TPSA) is 99.3 Å². The van der Waals surface area contributed by atoms with Crippen molar-refractivity contribution >= 4 is 11.6 Å². The van der Waals surface area contributed by atoms with Crippen molar-refractivity contribution in [3.05, 3.63) is 74.0 Å². The molecule has 0 saturated heterocycles. The van der Waals surface area contributed by atoms with E-state index in [0.717, 1.165) is 10.9 Å². The average molecular weight is 551 g/mol. The van der Waals surface area contributed by atoms with E-state index in [1.54, 1.807) is 6.07 Å². The van der Waals surface area contributed by atoms with Crippen LogP contribution in [0.1, 0.15) is 55.8 Å². The molecule has 0 amide bonds. The van der Waals surface area contributed by atoms with Crippen LogP contribution in [-0.2, 0) is 30.5 Å². The number of hydrogen-bond acceptors (Lipinski definition) is 7. The lowest BCUT2D eigenvalue weighted by Crippen LogP contribution is -2.27. The Bertz CT molecular complexity index is 1430. The van der Waals surface area contributed by atoms with Gasteiger partial charge in [-0.1, -0.05) is 18.5 Å². The molecule has 0 aliphatic rings. The van der Waals surface area contributed by atoms with Gasteiger partial charge in [0.2, 0.25) is 11.6 Å². The van der Waals surface area contributed by atoms with Crippen molar-refractivity contribution in [1.29, 1.82) is 5.26 Å². The average Bonchev–Trinajstić information content (AvgIpc) is 2.83. The molecule has 3 aromatic rings. The summed E-state index contributed by atoms with van der Waals surface area (Å²) in [5, 5.41) is 9.20. The number of aryl methyl sites for hydroxylation is 1. The van der Waals surface area contributed by atoms with Gasteiger partial charge in [0.05, 0.1) is 43.8 Å². The lowest BCUT2D eigenvalue weighted by atomic mass is 10.1. The molecule has 0 atom stereocenters. The van der Waals surface area contributed by atoms with Crippen molar-refractivity contribution < 1.29 is 27.4 Å². The van der Waals surface area contributed by atoms with E-state index >= 15 is 0 Å². The van der Waals surface area contributed by atoms with Crippen molar-refractivity contribution in [2.75, 3.05) is 7.11 Å². The molecule has 0 bridgehead atoms. The zero-order valence-electron chi connectivity index (χ0n) is 21.4. The maximum atomic E-state index is 13.7. The smallest absolute Gasteiger partial charge is 0.437 e. The second-order valence-electron chi connectivity index (χ2n) is 9.26. The first-order chi connectivity index (χ1) is 17.7. The fraction of sp³-hybridized carbons (Fsp3) is 0.385. The number of nitriles is 1. The Kier molecular flexibility index (Phi) is 8.69. The van der Waals surface area contributed by atoms with E-state index in [1.807, 2.05) is 33.8 Å². The number of rotatable bonds is 8. The zero-order valence-corrected chi connectivity index (χ0v) is 22.2. The van der Waals surface area contributed by atoms with Crippen LogP contribution in [0.5, 0.6) is 17.4 Å². The van der Waals surface area contributed by atoms with Crippen molar-refractivity contribution in [2.24, 2.45) is 0 Å². The first-order valence-corrected chi connectivity index (χ1v) is 11.9. The van der Waals surface area contributed by atoms with Crippen LogP contribution in [-0.4, -0.2) is 27.2 Å². The predicted octanol–water partition coefficient (Wildman–Crippen LogP) is 5.91. The van der Waals surface area contributed by atoms with E-state index in [4.69, 9.17) is 31.1 Å². The van der Waals surface area contributed by atoms with Crippen molar-refractivity contribution in [3.8, 4) is 23.4 Å². The van der Waals surface area contributed by atoms with Gasteiger partial charge < -0.3 is 14.2 Å². The normalized spacial score (nSPS) is 11.8. The number of aromatic nitrogens is 3. The SMILES string of the molecule is CCc1nc(OC)c(COC(C)(C)C)cc1Cn1cnc(C(F)(F)F)c(Oc2cc(Cl)cc(C#N)c2)c1=O. The standard InChI is InChI=1S/C26H26ClF3N4O4/c1-6-20-16(9-17(23(33-20)36-5)13-37-25(2,3)4)12-34-14-32-22(26(28,29)30)21(24(34)35)38-19-8-15(11-31)7-18(27)10-19/h7-10,14H,6,12-13H2,1-5H3. The third kappa shape index (κ3) is 7.02. The van der Waals surface area contributed by atoms with E-state index < -0.39 is 28.8 Å². The molecule has 0 N–H and O–H groups in total. The van der Waals surface area contributed by atoms with E-state index in [0.29, 0.717) is 29.1 Å². The van der Waals surface area contributed by atoms with Gasteiger partial charge in [-0.25, -0.2) is 9.97 Å². The number of alkyl halides is 3. The summed E-state index contributed by atoms with van der Waals surface area (Å²) >= 11 is 5.95. The molecule has 0 saturated carbocycles. The van der Waals surface area contributed by atoms with Gasteiger partial charge in [0.15, 0.2) is 5.69 Å². The van der Waals surface area contributed by atoms with E-state index in [9.17, 15) is 18.0 Å². The third-order valence-electron chi connectivity index (χ3n) is 5.25. The fourth-order valence-electron chi connectivity index (χ4n) is 3.50. The van der Waals surface area contributed by atoms with E-state index in [2.05, 4.69) is 9.97 Å². The van der Waals surface area contributed by atoms with Gasteiger partial charge in [-0.3, -0.25) is 9.36 Å². The summed E-state index contributed by atoms with van der Waals surface area (Å²) in [6.45, 7) is 7.56. The molecule has 202 valence electrons. The number of pyridine rings is 1. The van der Waals surface area contributed by atoms with Crippen LogP contribution in [0.15, 0.2) is 35.4 Å². The number of hydrogen-bond donors (Lipinski definition) is 0. The Morgan fingerprint density at radius 2 is 1.84 bits per heavy atom. The molecule has 12 heteroatoms. The molecule has 0 aliphatic heterocycles. The van der Waals surface area contributed by atoms with Gasteiger partial charge in [0, 0.05) is 16.3 Å². The van der Waals surface area contributed by atoms with Crippen LogP contribution in [0, 0.1) is 11.3 Å². The Hall–Kier alpha value is -3.62.